The highest BCUT2D eigenvalue weighted by Gasteiger charge is 2.24. The van der Waals surface area contributed by atoms with Crippen LogP contribution < -0.4 is 5.56 Å². The van der Waals surface area contributed by atoms with Gasteiger partial charge in [0.05, 0.1) is 18.3 Å². The molecular weight excluding hydrogens is 274 g/mol. The highest BCUT2D eigenvalue weighted by atomic mass is 32.1. The zero-order chi connectivity index (χ0) is 14.3. The van der Waals surface area contributed by atoms with Crippen molar-refractivity contribution in [2.75, 3.05) is 6.54 Å². The molecule has 2 aromatic heterocycles. The lowest BCUT2D eigenvalue weighted by Gasteiger charge is -2.25. The Morgan fingerprint density at radius 3 is 3.10 bits per heavy atom. The van der Waals surface area contributed by atoms with E-state index in [0.717, 1.165) is 27.1 Å². The van der Waals surface area contributed by atoms with Crippen molar-refractivity contribution in [2.24, 2.45) is 0 Å². The zero-order valence-electron chi connectivity index (χ0n) is 11.3. The largest absolute Gasteiger partial charge is 0.337 e. The molecule has 0 atom stereocenters. The third-order valence-corrected chi connectivity index (χ3v) is 4.72. The molecule has 0 bridgehead atoms. The van der Waals surface area contributed by atoms with Crippen molar-refractivity contribution < 1.29 is 4.79 Å². The number of fused-ring (bicyclic) bond motifs is 3. The first-order chi connectivity index (χ1) is 9.61. The molecule has 1 aliphatic heterocycles. The average molecular weight is 289 g/mol. The van der Waals surface area contributed by atoms with Gasteiger partial charge in [-0.3, -0.25) is 14.2 Å². The van der Waals surface area contributed by atoms with Crippen LogP contribution >= 0.6 is 11.3 Å². The number of carbonyl (C=O) groups excluding carboxylic acids is 1. The molecule has 0 radical (unpaired) electrons. The molecular formula is C14H15N3O2S. The van der Waals surface area contributed by atoms with Crippen LogP contribution in [0, 0.1) is 0 Å². The van der Waals surface area contributed by atoms with Gasteiger partial charge in [0.15, 0.2) is 0 Å². The van der Waals surface area contributed by atoms with Gasteiger partial charge in [-0.05, 0) is 12.0 Å². The molecule has 6 heteroatoms. The Bertz CT molecular complexity index is 760. The first-order valence-electron chi connectivity index (χ1n) is 6.48. The van der Waals surface area contributed by atoms with Gasteiger partial charge in [0, 0.05) is 24.9 Å². The van der Waals surface area contributed by atoms with E-state index in [2.05, 4.69) is 11.6 Å². The van der Waals surface area contributed by atoms with Crippen LogP contribution in [0.15, 0.2) is 23.8 Å². The number of rotatable bonds is 2. The first-order valence-corrected chi connectivity index (χ1v) is 7.29. The van der Waals surface area contributed by atoms with E-state index in [4.69, 9.17) is 0 Å². The number of carbonyl (C=O) groups is 1. The van der Waals surface area contributed by atoms with Crippen LogP contribution in [0.3, 0.4) is 0 Å². The van der Waals surface area contributed by atoms with E-state index >= 15 is 0 Å². The highest BCUT2D eigenvalue weighted by molar-refractivity contribution is 7.18. The molecule has 0 spiro atoms. The summed E-state index contributed by atoms with van der Waals surface area (Å²) in [5, 5.41) is 0.720. The van der Waals surface area contributed by atoms with Crippen molar-refractivity contribution in [1.82, 2.24) is 14.5 Å². The summed E-state index contributed by atoms with van der Waals surface area (Å²) >= 11 is 1.52. The number of hydrogen-bond donors (Lipinski definition) is 0. The Hall–Kier alpha value is -1.95. The Balaban J connectivity index is 2.15. The number of amides is 1. The summed E-state index contributed by atoms with van der Waals surface area (Å²) in [6.07, 6.45) is 3.98. The summed E-state index contributed by atoms with van der Waals surface area (Å²) in [7, 11) is 0. The molecule has 0 saturated heterocycles. The molecule has 0 unspecified atom stereocenters. The van der Waals surface area contributed by atoms with Gasteiger partial charge in [-0.25, -0.2) is 4.98 Å². The van der Waals surface area contributed by atoms with E-state index in [-0.39, 0.29) is 11.5 Å². The van der Waals surface area contributed by atoms with Gasteiger partial charge >= 0.3 is 0 Å². The fraction of sp³-hybridized carbons (Fsp3) is 0.357. The number of thiophene rings is 1. The SMILES string of the molecule is C=CCn1cnc2sc3c(c2c1=O)CCN(C(C)=O)C3. The molecule has 3 heterocycles. The summed E-state index contributed by atoms with van der Waals surface area (Å²) in [4.78, 5) is 32.0. The summed E-state index contributed by atoms with van der Waals surface area (Å²) in [6, 6.07) is 0. The fourth-order valence-electron chi connectivity index (χ4n) is 2.56. The second-order valence-electron chi connectivity index (χ2n) is 4.87. The third-order valence-electron chi connectivity index (χ3n) is 3.60. The van der Waals surface area contributed by atoms with Crippen LogP contribution in [0.5, 0.6) is 0 Å². The molecule has 1 amide bonds. The van der Waals surface area contributed by atoms with Crippen LogP contribution in [0.4, 0.5) is 0 Å². The average Bonchev–Trinajstić information content (AvgIpc) is 2.80. The Morgan fingerprint density at radius 1 is 1.60 bits per heavy atom. The lowest BCUT2D eigenvalue weighted by Crippen LogP contribution is -2.33. The summed E-state index contributed by atoms with van der Waals surface area (Å²) < 4.78 is 1.57. The number of nitrogens with zero attached hydrogens (tertiary/aromatic N) is 3. The van der Waals surface area contributed by atoms with Gasteiger partial charge in [0.1, 0.15) is 4.83 Å². The van der Waals surface area contributed by atoms with Crippen LogP contribution in [0.2, 0.25) is 0 Å². The van der Waals surface area contributed by atoms with Crippen LogP contribution in [0.25, 0.3) is 10.2 Å². The third kappa shape index (κ3) is 1.96. The molecule has 0 aliphatic carbocycles. The summed E-state index contributed by atoms with van der Waals surface area (Å²) in [5.41, 5.74) is 1.06. The Kier molecular flexibility index (Phi) is 3.17. The first kappa shape index (κ1) is 13.1. The topological polar surface area (TPSA) is 55.2 Å². The lowest BCUT2D eigenvalue weighted by molar-refractivity contribution is -0.129. The minimum atomic E-state index is -0.0105. The highest BCUT2D eigenvalue weighted by Crippen LogP contribution is 2.32. The molecule has 104 valence electrons. The standard InChI is InChI=1S/C14H15N3O2S/c1-3-5-17-8-15-13-12(14(17)19)10-4-6-16(9(2)18)7-11(10)20-13/h3,8H,1,4-7H2,2H3. The fourth-order valence-corrected chi connectivity index (χ4v) is 3.75. The van der Waals surface area contributed by atoms with Gasteiger partial charge in [-0.1, -0.05) is 6.08 Å². The van der Waals surface area contributed by atoms with E-state index in [1.807, 2.05) is 0 Å². The van der Waals surface area contributed by atoms with Crippen molar-refractivity contribution in [3.8, 4) is 0 Å². The molecule has 0 N–H and O–H groups in total. The van der Waals surface area contributed by atoms with Gasteiger partial charge in [-0.15, -0.1) is 17.9 Å². The lowest BCUT2D eigenvalue weighted by atomic mass is 10.1. The van der Waals surface area contributed by atoms with Gasteiger partial charge in [0.2, 0.25) is 5.91 Å². The van der Waals surface area contributed by atoms with Crippen molar-refractivity contribution >= 4 is 27.5 Å². The monoisotopic (exact) mass is 289 g/mol. The Morgan fingerprint density at radius 2 is 2.40 bits per heavy atom. The minimum Gasteiger partial charge on any atom is -0.337 e. The second-order valence-corrected chi connectivity index (χ2v) is 5.95. The minimum absolute atomic E-state index is 0.0105. The maximum absolute atomic E-state index is 12.5. The second kappa shape index (κ2) is 4.86. The zero-order valence-corrected chi connectivity index (χ0v) is 12.1. The van der Waals surface area contributed by atoms with Crippen molar-refractivity contribution in [1.29, 1.82) is 0 Å². The Labute approximate surface area is 120 Å². The van der Waals surface area contributed by atoms with E-state index < -0.39 is 0 Å². The molecule has 5 nitrogen and oxygen atoms in total. The number of aromatic nitrogens is 2. The number of allylic oxidation sites excluding steroid dienone is 1. The smallest absolute Gasteiger partial charge is 0.262 e. The van der Waals surface area contributed by atoms with Crippen LogP contribution in [0.1, 0.15) is 17.4 Å². The normalized spacial score (nSPS) is 14.3. The van der Waals surface area contributed by atoms with E-state index in [9.17, 15) is 9.59 Å². The maximum atomic E-state index is 12.5. The van der Waals surface area contributed by atoms with Gasteiger partial charge in [-0.2, -0.15) is 0 Å². The van der Waals surface area contributed by atoms with Crippen LogP contribution in [-0.4, -0.2) is 26.9 Å². The molecule has 1 aliphatic rings. The predicted molar refractivity (Wildman–Crippen MR) is 78.9 cm³/mol. The van der Waals surface area contributed by atoms with E-state index in [0.29, 0.717) is 19.6 Å². The molecule has 20 heavy (non-hydrogen) atoms. The van der Waals surface area contributed by atoms with Crippen LogP contribution in [-0.2, 0) is 24.3 Å². The molecule has 2 aromatic rings. The molecule has 3 rings (SSSR count). The van der Waals surface area contributed by atoms with E-state index in [1.165, 1.54) is 11.3 Å². The summed E-state index contributed by atoms with van der Waals surface area (Å²) in [5.74, 6) is 0.0742. The van der Waals surface area contributed by atoms with Crippen molar-refractivity contribution in [2.45, 2.75) is 26.4 Å². The number of hydrogen-bond acceptors (Lipinski definition) is 4. The predicted octanol–water partition coefficient (Wildman–Crippen LogP) is 1.55. The van der Waals surface area contributed by atoms with Crippen molar-refractivity contribution in [3.63, 3.8) is 0 Å². The molecule has 0 fully saturated rings. The molecule has 0 saturated carbocycles. The van der Waals surface area contributed by atoms with E-state index in [1.54, 1.807) is 28.8 Å². The molecule has 0 aromatic carbocycles. The maximum Gasteiger partial charge on any atom is 0.262 e. The van der Waals surface area contributed by atoms with Crippen molar-refractivity contribution in [3.05, 3.63) is 39.8 Å². The van der Waals surface area contributed by atoms with Gasteiger partial charge in [0.25, 0.3) is 5.56 Å². The van der Waals surface area contributed by atoms with Gasteiger partial charge < -0.3 is 4.90 Å². The quantitative estimate of drug-likeness (QED) is 0.788. The summed E-state index contributed by atoms with van der Waals surface area (Å²) in [6.45, 7) is 6.95.